The molecule has 0 fully saturated rings. The van der Waals surface area contributed by atoms with E-state index in [4.69, 9.17) is 10.4 Å². The Hall–Kier alpha value is -3.52. The van der Waals surface area contributed by atoms with Crippen LogP contribution in [0.15, 0.2) is 78.0 Å². The van der Waals surface area contributed by atoms with E-state index in [1.54, 1.807) is 30.5 Å². The first-order chi connectivity index (χ1) is 12.7. The Balaban J connectivity index is 1.72. The highest BCUT2D eigenvalue weighted by Gasteiger charge is 2.30. The number of aromatic nitrogens is 1. The molecule has 0 radical (unpaired) electrons. The lowest BCUT2D eigenvalue weighted by atomic mass is 9.98. The van der Waals surface area contributed by atoms with Crippen molar-refractivity contribution in [2.24, 2.45) is 5.10 Å². The Morgan fingerprint density at radius 1 is 1.00 bits per heavy atom. The predicted molar refractivity (Wildman–Crippen MR) is 98.2 cm³/mol. The van der Waals surface area contributed by atoms with E-state index < -0.39 is 0 Å². The molecule has 0 N–H and O–H groups in total. The van der Waals surface area contributed by atoms with E-state index in [0.717, 1.165) is 22.7 Å². The number of pyridine rings is 1. The Morgan fingerprint density at radius 2 is 1.77 bits per heavy atom. The van der Waals surface area contributed by atoms with Crippen molar-refractivity contribution in [3.8, 4) is 6.07 Å². The van der Waals surface area contributed by atoms with Crippen LogP contribution >= 0.6 is 0 Å². The minimum absolute atomic E-state index is 0.0591. The molecule has 4 nitrogen and oxygen atoms in total. The van der Waals surface area contributed by atoms with Crippen LogP contribution in [-0.4, -0.2) is 10.7 Å². The molecule has 2 aromatic carbocycles. The minimum Gasteiger partial charge on any atom is -0.240 e. The van der Waals surface area contributed by atoms with Crippen LogP contribution in [0.1, 0.15) is 29.2 Å². The molecule has 26 heavy (non-hydrogen) atoms. The zero-order chi connectivity index (χ0) is 17.9. The van der Waals surface area contributed by atoms with Gasteiger partial charge in [-0.3, -0.25) is 0 Å². The third-order valence-corrected chi connectivity index (χ3v) is 4.40. The van der Waals surface area contributed by atoms with Crippen LogP contribution in [0.2, 0.25) is 0 Å². The molecule has 1 unspecified atom stereocenters. The first-order valence-electron chi connectivity index (χ1n) is 8.28. The minimum atomic E-state index is -0.260. The molecule has 1 aromatic heterocycles. The van der Waals surface area contributed by atoms with Crippen LogP contribution in [0.4, 0.5) is 10.2 Å². The molecule has 0 saturated heterocycles. The number of hydrogen-bond donors (Lipinski definition) is 0. The second-order valence-corrected chi connectivity index (χ2v) is 6.04. The number of rotatable bonds is 3. The molecule has 4 rings (SSSR count). The Morgan fingerprint density at radius 3 is 2.42 bits per heavy atom. The lowest BCUT2D eigenvalue weighted by Gasteiger charge is -2.22. The summed E-state index contributed by atoms with van der Waals surface area (Å²) in [6.45, 7) is 0. The fourth-order valence-electron chi connectivity index (χ4n) is 3.07. The molecule has 0 saturated carbocycles. The third kappa shape index (κ3) is 3.05. The smallest absolute Gasteiger partial charge is 0.149 e. The lowest BCUT2D eigenvalue weighted by molar-refractivity contribution is 0.624. The summed E-state index contributed by atoms with van der Waals surface area (Å²) >= 11 is 0. The quantitative estimate of drug-likeness (QED) is 0.707. The average molecular weight is 342 g/mol. The van der Waals surface area contributed by atoms with Crippen LogP contribution in [0.5, 0.6) is 0 Å². The van der Waals surface area contributed by atoms with Crippen molar-refractivity contribution >= 4 is 11.5 Å². The number of benzene rings is 2. The number of nitriles is 1. The highest BCUT2D eigenvalue weighted by molar-refractivity contribution is 6.03. The van der Waals surface area contributed by atoms with Crippen LogP contribution in [-0.2, 0) is 0 Å². The summed E-state index contributed by atoms with van der Waals surface area (Å²) < 4.78 is 13.3. The fraction of sp³-hybridized carbons (Fsp3) is 0.0952. The molecule has 2 heterocycles. The van der Waals surface area contributed by atoms with Gasteiger partial charge in [0.15, 0.2) is 0 Å². The topological polar surface area (TPSA) is 52.3 Å². The van der Waals surface area contributed by atoms with Crippen molar-refractivity contribution in [2.75, 3.05) is 5.01 Å². The van der Waals surface area contributed by atoms with Crippen molar-refractivity contribution < 1.29 is 4.39 Å². The van der Waals surface area contributed by atoms with E-state index >= 15 is 0 Å². The highest BCUT2D eigenvalue weighted by atomic mass is 19.1. The van der Waals surface area contributed by atoms with Crippen molar-refractivity contribution in [2.45, 2.75) is 12.5 Å². The summed E-state index contributed by atoms with van der Waals surface area (Å²) in [5, 5.41) is 15.6. The summed E-state index contributed by atoms with van der Waals surface area (Å²) in [6.07, 6.45) is 2.40. The number of hydrazone groups is 1. The maximum atomic E-state index is 13.3. The summed E-state index contributed by atoms with van der Waals surface area (Å²) in [5.41, 5.74) is 3.47. The molecule has 126 valence electrons. The molecule has 0 aliphatic carbocycles. The maximum absolute atomic E-state index is 13.3. The van der Waals surface area contributed by atoms with Gasteiger partial charge in [0.1, 0.15) is 11.6 Å². The predicted octanol–water partition coefficient (Wildman–Crippen LogP) is 4.45. The second-order valence-electron chi connectivity index (χ2n) is 6.04. The molecule has 5 heteroatoms. The molecular weight excluding hydrogens is 327 g/mol. The summed E-state index contributed by atoms with van der Waals surface area (Å²) in [4.78, 5) is 4.41. The normalized spacial score (nSPS) is 16.2. The Bertz CT molecular complexity index is 973. The van der Waals surface area contributed by atoms with Gasteiger partial charge in [0.2, 0.25) is 0 Å². The molecule has 0 bridgehead atoms. The zero-order valence-corrected chi connectivity index (χ0v) is 13.9. The van der Waals surface area contributed by atoms with E-state index in [1.807, 2.05) is 35.3 Å². The van der Waals surface area contributed by atoms with Crippen LogP contribution in [0.25, 0.3) is 0 Å². The average Bonchev–Trinajstić information content (AvgIpc) is 3.15. The Kier molecular flexibility index (Phi) is 4.16. The van der Waals surface area contributed by atoms with Crippen LogP contribution < -0.4 is 5.01 Å². The molecule has 0 spiro atoms. The number of hydrogen-bond acceptors (Lipinski definition) is 4. The largest absolute Gasteiger partial charge is 0.240 e. The van der Waals surface area contributed by atoms with Crippen molar-refractivity contribution in [1.82, 2.24) is 4.98 Å². The van der Waals surface area contributed by atoms with Crippen molar-refractivity contribution in [1.29, 1.82) is 5.26 Å². The van der Waals surface area contributed by atoms with E-state index in [0.29, 0.717) is 12.0 Å². The monoisotopic (exact) mass is 342 g/mol. The summed E-state index contributed by atoms with van der Waals surface area (Å²) in [7, 11) is 0. The van der Waals surface area contributed by atoms with Crippen LogP contribution in [0, 0.1) is 17.1 Å². The second kappa shape index (κ2) is 6.77. The summed E-state index contributed by atoms with van der Waals surface area (Å²) in [5.74, 6) is 0.481. The van der Waals surface area contributed by atoms with E-state index in [-0.39, 0.29) is 11.9 Å². The lowest BCUT2D eigenvalue weighted by Crippen LogP contribution is -2.19. The molecule has 1 aliphatic rings. The van der Waals surface area contributed by atoms with Gasteiger partial charge in [0.25, 0.3) is 0 Å². The van der Waals surface area contributed by atoms with E-state index in [1.165, 1.54) is 12.1 Å². The molecular formula is C21H15FN4. The SMILES string of the molecule is N#Cc1ccc(C2=NN(c3ccccn3)C(c3ccc(F)cc3)C2)cc1. The number of halogens is 1. The van der Waals surface area contributed by atoms with Gasteiger partial charge in [0, 0.05) is 12.6 Å². The third-order valence-electron chi connectivity index (χ3n) is 4.40. The van der Waals surface area contributed by atoms with E-state index in [9.17, 15) is 4.39 Å². The van der Waals surface area contributed by atoms with E-state index in [2.05, 4.69) is 11.1 Å². The number of anilines is 1. The van der Waals surface area contributed by atoms with Crippen LogP contribution in [0.3, 0.4) is 0 Å². The molecule has 3 aromatic rings. The number of nitrogens with zero attached hydrogens (tertiary/aromatic N) is 4. The van der Waals surface area contributed by atoms with Gasteiger partial charge in [-0.25, -0.2) is 14.4 Å². The van der Waals surface area contributed by atoms with Gasteiger partial charge in [0.05, 0.1) is 23.4 Å². The zero-order valence-electron chi connectivity index (χ0n) is 13.9. The highest BCUT2D eigenvalue weighted by Crippen LogP contribution is 2.35. The van der Waals surface area contributed by atoms with Gasteiger partial charge in [-0.1, -0.05) is 30.3 Å². The molecule has 0 amide bonds. The fourth-order valence-corrected chi connectivity index (χ4v) is 3.07. The van der Waals surface area contributed by atoms with Crippen molar-refractivity contribution in [3.63, 3.8) is 0 Å². The van der Waals surface area contributed by atoms with Gasteiger partial charge in [-0.15, -0.1) is 0 Å². The first-order valence-corrected chi connectivity index (χ1v) is 8.28. The first kappa shape index (κ1) is 16.0. The van der Waals surface area contributed by atoms with Crippen molar-refractivity contribution in [3.05, 3.63) is 95.4 Å². The van der Waals surface area contributed by atoms with Gasteiger partial charge in [-0.2, -0.15) is 10.4 Å². The van der Waals surface area contributed by atoms with Gasteiger partial charge < -0.3 is 0 Å². The van der Waals surface area contributed by atoms with Gasteiger partial charge >= 0.3 is 0 Å². The molecule has 1 aliphatic heterocycles. The standard InChI is InChI=1S/C21H15FN4/c22-18-10-8-17(9-11-18)20-13-19(16-6-4-15(14-23)5-7-16)25-26(20)21-3-1-2-12-24-21/h1-12,20H,13H2. The summed E-state index contributed by atoms with van der Waals surface area (Å²) in [6, 6.07) is 21.6. The Labute approximate surface area is 150 Å². The maximum Gasteiger partial charge on any atom is 0.149 e. The molecule has 1 atom stereocenters. The van der Waals surface area contributed by atoms with Gasteiger partial charge in [-0.05, 0) is 47.5 Å².